The Bertz CT molecular complexity index is 1650. The first-order valence-corrected chi connectivity index (χ1v) is 16.5. The van der Waals surface area contributed by atoms with Gasteiger partial charge in [-0.15, -0.1) is 23.5 Å². The molecule has 4 saturated heterocycles. The first kappa shape index (κ1) is 29.1. The van der Waals surface area contributed by atoms with E-state index in [0.29, 0.717) is 0 Å². The highest BCUT2D eigenvalue weighted by Crippen LogP contribution is 2.53. The van der Waals surface area contributed by atoms with Crippen LogP contribution in [0.2, 0.25) is 0 Å². The molecule has 236 valence electrons. The summed E-state index contributed by atoms with van der Waals surface area (Å²) in [5.41, 5.74) is 1.04. The Labute approximate surface area is 271 Å². The van der Waals surface area contributed by atoms with E-state index >= 15 is 0 Å². The summed E-state index contributed by atoms with van der Waals surface area (Å²) < 4.78 is -1.37. The van der Waals surface area contributed by atoms with E-state index in [2.05, 4.69) is 10.6 Å². The zero-order valence-electron chi connectivity index (χ0n) is 25.0. The molecule has 0 unspecified atom stereocenters. The second kappa shape index (κ2) is 9.35. The summed E-state index contributed by atoms with van der Waals surface area (Å²) in [4.78, 5) is 98.0. The third kappa shape index (κ3) is 3.63. The molecule has 46 heavy (non-hydrogen) atoms. The third-order valence-electron chi connectivity index (χ3n) is 9.57. The SMILES string of the molecule is CC1(C)S[C@@H]2[C@H](N3C(=O)c4ccccc4C3=O)C(=O)N2[C@H]1NC(=O)N[C@H]1N2C(=O)[C@H](N3C(=O)c4ccccc4C3=O)[C@@H]2SC1(C)C. The maximum Gasteiger partial charge on any atom is 0.318 e. The molecule has 0 spiro atoms. The third-order valence-corrected chi connectivity index (χ3v) is 12.7. The van der Waals surface area contributed by atoms with Crippen LogP contribution < -0.4 is 10.6 Å². The van der Waals surface area contributed by atoms with Crippen LogP contribution in [0.4, 0.5) is 4.79 Å². The molecule has 0 aromatic heterocycles. The summed E-state index contributed by atoms with van der Waals surface area (Å²) >= 11 is 2.78. The zero-order valence-corrected chi connectivity index (χ0v) is 26.7. The molecular weight excluding hydrogens is 633 g/mol. The van der Waals surface area contributed by atoms with Crippen LogP contribution in [-0.4, -0.2) is 106 Å². The second-order valence-electron chi connectivity index (χ2n) is 13.1. The fourth-order valence-electron chi connectivity index (χ4n) is 7.33. The number of carbonyl (C=O) groups excluding carboxylic acids is 7. The Hall–Kier alpha value is -4.37. The van der Waals surface area contributed by atoms with E-state index in [4.69, 9.17) is 0 Å². The first-order valence-electron chi connectivity index (χ1n) is 14.8. The van der Waals surface area contributed by atoms with Gasteiger partial charge < -0.3 is 20.4 Å². The average molecular weight is 661 g/mol. The lowest BCUT2D eigenvalue weighted by Gasteiger charge is -2.48. The van der Waals surface area contributed by atoms with Crippen molar-refractivity contribution in [2.24, 2.45) is 0 Å². The van der Waals surface area contributed by atoms with E-state index in [0.717, 1.165) is 9.80 Å². The lowest BCUT2D eigenvalue weighted by atomic mass is 9.99. The average Bonchev–Trinajstić information content (AvgIpc) is 3.59. The Balaban J connectivity index is 0.968. The maximum atomic E-state index is 13.5. The molecule has 8 rings (SSSR count). The van der Waals surface area contributed by atoms with Crippen LogP contribution in [-0.2, 0) is 9.59 Å². The number of thioether (sulfide) groups is 2. The molecule has 2 N–H and O–H groups in total. The molecule has 6 aliphatic rings. The minimum atomic E-state index is -0.991. The van der Waals surface area contributed by atoms with Crippen molar-refractivity contribution in [3.63, 3.8) is 0 Å². The molecule has 0 radical (unpaired) electrons. The van der Waals surface area contributed by atoms with Gasteiger partial charge in [-0.05, 0) is 52.0 Å². The minimum Gasteiger partial charge on any atom is -0.316 e. The second-order valence-corrected chi connectivity index (χ2v) is 16.6. The summed E-state index contributed by atoms with van der Waals surface area (Å²) in [6.45, 7) is 7.46. The Morgan fingerprint density at radius 2 is 0.891 bits per heavy atom. The van der Waals surface area contributed by atoms with Crippen molar-refractivity contribution >= 4 is 65.0 Å². The number of β-lactam (4-membered cyclic amide) rings is 2. The first-order chi connectivity index (χ1) is 21.7. The van der Waals surface area contributed by atoms with Gasteiger partial charge in [-0.2, -0.15) is 0 Å². The van der Waals surface area contributed by atoms with E-state index < -0.39 is 86.1 Å². The van der Waals surface area contributed by atoms with Crippen molar-refractivity contribution in [2.45, 2.75) is 72.4 Å². The predicted octanol–water partition coefficient (Wildman–Crippen LogP) is 1.65. The van der Waals surface area contributed by atoms with Gasteiger partial charge in [-0.25, -0.2) is 4.79 Å². The number of amides is 8. The highest BCUT2D eigenvalue weighted by atomic mass is 32.2. The number of benzene rings is 2. The molecule has 2 aromatic rings. The lowest BCUT2D eigenvalue weighted by molar-refractivity contribution is -0.153. The van der Waals surface area contributed by atoms with Crippen molar-refractivity contribution in [2.75, 3.05) is 0 Å². The van der Waals surface area contributed by atoms with E-state index in [1.807, 2.05) is 27.7 Å². The molecule has 15 heteroatoms. The number of rotatable bonds is 4. The quantitative estimate of drug-likeness (QED) is 0.368. The fraction of sp³-hybridized carbons (Fsp3) is 0.387. The number of hydrogen-bond donors (Lipinski definition) is 2. The van der Waals surface area contributed by atoms with Gasteiger partial charge in [0.05, 0.1) is 31.7 Å². The highest BCUT2D eigenvalue weighted by molar-refractivity contribution is 8.02. The van der Waals surface area contributed by atoms with E-state index in [9.17, 15) is 33.6 Å². The summed E-state index contributed by atoms with van der Waals surface area (Å²) in [5.74, 6) is -2.94. The van der Waals surface area contributed by atoms with Crippen LogP contribution in [0, 0.1) is 0 Å². The molecule has 4 fully saturated rings. The molecule has 6 atom stereocenters. The fourth-order valence-corrected chi connectivity index (χ4v) is 10.6. The molecule has 2 aromatic carbocycles. The summed E-state index contributed by atoms with van der Waals surface area (Å²) in [6, 6.07) is 10.3. The van der Waals surface area contributed by atoms with Gasteiger partial charge in [-0.3, -0.25) is 38.6 Å². The van der Waals surface area contributed by atoms with Gasteiger partial charge in [0.1, 0.15) is 35.2 Å². The Kier molecular flexibility index (Phi) is 5.90. The molecular formula is C31H28N6O7S2. The Morgan fingerprint density at radius 3 is 1.20 bits per heavy atom. The summed E-state index contributed by atoms with van der Waals surface area (Å²) in [5, 5.41) is 4.69. The smallest absolute Gasteiger partial charge is 0.316 e. The van der Waals surface area contributed by atoms with Crippen molar-refractivity contribution < 1.29 is 33.6 Å². The number of hydrogen-bond acceptors (Lipinski definition) is 9. The van der Waals surface area contributed by atoms with Crippen LogP contribution in [0.5, 0.6) is 0 Å². The Morgan fingerprint density at radius 1 is 0.587 bits per heavy atom. The molecule has 0 aliphatic carbocycles. The van der Waals surface area contributed by atoms with Gasteiger partial charge in [-0.1, -0.05) is 24.3 Å². The lowest BCUT2D eigenvalue weighted by Crippen LogP contribution is -2.74. The van der Waals surface area contributed by atoms with Gasteiger partial charge in [0.15, 0.2) is 0 Å². The van der Waals surface area contributed by atoms with Crippen molar-refractivity contribution in [1.29, 1.82) is 0 Å². The van der Waals surface area contributed by atoms with E-state index in [1.54, 1.807) is 48.5 Å². The normalized spacial score (nSPS) is 31.4. The van der Waals surface area contributed by atoms with Gasteiger partial charge >= 0.3 is 6.03 Å². The van der Waals surface area contributed by atoms with Gasteiger partial charge in [0, 0.05) is 0 Å². The number of nitrogens with zero attached hydrogens (tertiary/aromatic N) is 4. The van der Waals surface area contributed by atoms with E-state index in [-0.39, 0.29) is 22.3 Å². The molecule has 0 saturated carbocycles. The molecule has 6 aliphatic heterocycles. The minimum absolute atomic E-state index is 0.260. The largest absolute Gasteiger partial charge is 0.318 e. The standard InChI is InChI=1S/C31H28N6O7S2/c1-30(2)27(36-23(42)17(25(36)45-30)34-19(38)13-9-5-6-10-14(13)20(34)39)32-29(44)33-28-31(3,4)46-26-18(24(43)37(26)28)35-21(40)15-11-7-8-12-16(15)22(35)41/h5-12,17-18,25-28H,1-4H3,(H2,32,33,44)/t17-,18+,25-,26+,27-,28+. The molecule has 0 bridgehead atoms. The number of nitrogens with one attached hydrogen (secondary N) is 2. The number of fused-ring (bicyclic) bond motifs is 4. The van der Waals surface area contributed by atoms with Crippen LogP contribution in [0.25, 0.3) is 0 Å². The van der Waals surface area contributed by atoms with Crippen LogP contribution in [0.3, 0.4) is 0 Å². The van der Waals surface area contributed by atoms with Gasteiger partial charge in [0.2, 0.25) is 0 Å². The monoisotopic (exact) mass is 660 g/mol. The number of carbonyl (C=O) groups is 7. The number of urea groups is 1. The topological polar surface area (TPSA) is 157 Å². The van der Waals surface area contributed by atoms with Crippen molar-refractivity contribution in [3.05, 3.63) is 70.8 Å². The maximum absolute atomic E-state index is 13.5. The van der Waals surface area contributed by atoms with E-state index in [1.165, 1.54) is 33.3 Å². The molecule has 8 amide bonds. The van der Waals surface area contributed by atoms with Crippen LogP contribution in [0.1, 0.15) is 69.1 Å². The van der Waals surface area contributed by atoms with Crippen molar-refractivity contribution in [3.8, 4) is 0 Å². The molecule has 6 heterocycles. The van der Waals surface area contributed by atoms with Crippen LogP contribution >= 0.6 is 23.5 Å². The predicted molar refractivity (Wildman–Crippen MR) is 165 cm³/mol. The molecule has 13 nitrogen and oxygen atoms in total. The zero-order chi connectivity index (χ0) is 32.6. The highest BCUT2D eigenvalue weighted by Gasteiger charge is 2.68. The van der Waals surface area contributed by atoms with Gasteiger partial charge in [0.25, 0.3) is 35.4 Å². The number of imide groups is 2. The summed E-state index contributed by atoms with van der Waals surface area (Å²) in [7, 11) is 0. The van der Waals surface area contributed by atoms with Crippen molar-refractivity contribution in [1.82, 2.24) is 30.2 Å². The summed E-state index contributed by atoms with van der Waals surface area (Å²) in [6.07, 6.45) is -1.54. The van der Waals surface area contributed by atoms with Crippen LogP contribution in [0.15, 0.2) is 48.5 Å².